The maximum absolute atomic E-state index is 11.8. The highest BCUT2D eigenvalue weighted by molar-refractivity contribution is 5.70. The smallest absolute Gasteiger partial charge is 0.305 e. The van der Waals surface area contributed by atoms with Crippen molar-refractivity contribution in [2.24, 2.45) is 5.92 Å². The Morgan fingerprint density at radius 1 is 1.00 bits per heavy atom. The van der Waals surface area contributed by atoms with Crippen LogP contribution in [-0.4, -0.2) is 34.4 Å². The molecule has 0 amide bonds. The Labute approximate surface area is 150 Å². The Balaban J connectivity index is 2.66. The van der Waals surface area contributed by atoms with Crippen LogP contribution in [0.5, 0.6) is 17.2 Å². The minimum atomic E-state index is -0.177. The lowest BCUT2D eigenvalue weighted by atomic mass is 9.70. The molecule has 0 spiro atoms. The number of esters is 1. The van der Waals surface area contributed by atoms with Gasteiger partial charge < -0.3 is 18.9 Å². The molecule has 2 rings (SSSR count). The first-order valence-electron chi connectivity index (χ1n) is 8.80. The van der Waals surface area contributed by atoms with E-state index in [4.69, 9.17) is 18.9 Å². The number of hydrogen-bond donors (Lipinski definition) is 0. The van der Waals surface area contributed by atoms with Crippen LogP contribution in [0.2, 0.25) is 0 Å². The Hall–Kier alpha value is -1.91. The van der Waals surface area contributed by atoms with Crippen molar-refractivity contribution in [3.05, 3.63) is 16.7 Å². The van der Waals surface area contributed by atoms with Crippen LogP contribution in [0.1, 0.15) is 61.6 Å². The van der Waals surface area contributed by atoms with Crippen LogP contribution in [0.4, 0.5) is 0 Å². The average molecular weight is 350 g/mol. The zero-order valence-electron chi connectivity index (χ0n) is 16.4. The Kier molecular flexibility index (Phi) is 6.20. The summed E-state index contributed by atoms with van der Waals surface area (Å²) in [5, 5.41) is 0. The molecule has 0 saturated heterocycles. The topological polar surface area (TPSA) is 54.0 Å². The normalized spacial score (nSPS) is 20.4. The highest BCUT2D eigenvalue weighted by atomic mass is 16.5. The van der Waals surface area contributed by atoms with Gasteiger partial charge in [0.05, 0.1) is 28.4 Å². The zero-order valence-corrected chi connectivity index (χ0v) is 16.4. The second-order valence-electron chi connectivity index (χ2n) is 6.89. The summed E-state index contributed by atoms with van der Waals surface area (Å²) in [5.41, 5.74) is 3.24. The van der Waals surface area contributed by atoms with Crippen LogP contribution < -0.4 is 14.2 Å². The minimum absolute atomic E-state index is 0.158. The number of hydrogen-bond acceptors (Lipinski definition) is 5. The first-order valence-corrected chi connectivity index (χ1v) is 8.80. The number of carbonyl (C=O) groups is 1. The number of methoxy groups -OCH3 is 4. The van der Waals surface area contributed by atoms with Gasteiger partial charge in [-0.05, 0) is 37.5 Å². The fourth-order valence-corrected chi connectivity index (χ4v) is 4.19. The summed E-state index contributed by atoms with van der Waals surface area (Å²) in [6.45, 7) is 6.30. The first kappa shape index (κ1) is 19.4. The number of ether oxygens (including phenoxy) is 4. The maximum Gasteiger partial charge on any atom is 0.305 e. The van der Waals surface area contributed by atoms with Gasteiger partial charge in [-0.1, -0.05) is 13.8 Å². The van der Waals surface area contributed by atoms with Crippen molar-refractivity contribution in [1.82, 2.24) is 0 Å². The molecule has 1 aliphatic carbocycles. The Morgan fingerprint density at radius 2 is 1.60 bits per heavy atom. The minimum Gasteiger partial charge on any atom is -0.496 e. The van der Waals surface area contributed by atoms with Gasteiger partial charge in [0.25, 0.3) is 0 Å². The third-order valence-electron chi connectivity index (χ3n) is 5.46. The molecule has 0 fully saturated rings. The molecule has 0 radical (unpaired) electrons. The van der Waals surface area contributed by atoms with Crippen molar-refractivity contribution in [2.45, 2.75) is 51.9 Å². The van der Waals surface area contributed by atoms with Crippen molar-refractivity contribution in [2.75, 3.05) is 28.4 Å². The molecule has 0 unspecified atom stereocenters. The van der Waals surface area contributed by atoms with Gasteiger partial charge in [0.2, 0.25) is 0 Å². The number of carbonyl (C=O) groups excluding carboxylic acids is 1. The predicted molar refractivity (Wildman–Crippen MR) is 97.0 cm³/mol. The van der Waals surface area contributed by atoms with E-state index in [0.29, 0.717) is 12.3 Å². The molecule has 0 aromatic heterocycles. The summed E-state index contributed by atoms with van der Waals surface area (Å²) in [6.07, 6.45) is 2.44. The van der Waals surface area contributed by atoms with Gasteiger partial charge in [-0.15, -0.1) is 0 Å². The van der Waals surface area contributed by atoms with Crippen molar-refractivity contribution in [3.8, 4) is 17.2 Å². The van der Waals surface area contributed by atoms with E-state index in [1.807, 2.05) is 6.92 Å². The summed E-state index contributed by atoms with van der Waals surface area (Å²) in [7, 11) is 6.46. The largest absolute Gasteiger partial charge is 0.496 e. The average Bonchev–Trinajstić information content (AvgIpc) is 2.60. The molecule has 140 valence electrons. The second-order valence-corrected chi connectivity index (χ2v) is 6.89. The van der Waals surface area contributed by atoms with E-state index in [-0.39, 0.29) is 17.8 Å². The van der Waals surface area contributed by atoms with Gasteiger partial charge >= 0.3 is 5.97 Å². The summed E-state index contributed by atoms with van der Waals surface area (Å²) in [5.74, 6) is 2.91. The summed E-state index contributed by atoms with van der Waals surface area (Å²) >= 11 is 0. The van der Waals surface area contributed by atoms with Gasteiger partial charge in [-0.2, -0.15) is 0 Å². The van der Waals surface area contributed by atoms with E-state index in [1.165, 1.54) is 7.11 Å². The van der Waals surface area contributed by atoms with Crippen LogP contribution >= 0.6 is 0 Å². The maximum atomic E-state index is 11.8. The Bertz CT molecular complexity index is 638. The zero-order chi connectivity index (χ0) is 18.7. The molecule has 0 bridgehead atoms. The molecule has 0 saturated carbocycles. The van der Waals surface area contributed by atoms with Crippen LogP contribution in [0.25, 0.3) is 0 Å². The Morgan fingerprint density at radius 3 is 2.12 bits per heavy atom. The number of benzene rings is 1. The summed E-state index contributed by atoms with van der Waals surface area (Å²) in [4.78, 5) is 11.8. The van der Waals surface area contributed by atoms with Gasteiger partial charge in [0.1, 0.15) is 5.75 Å². The summed E-state index contributed by atoms with van der Waals surface area (Å²) in [6, 6.07) is 0. The monoisotopic (exact) mass is 350 g/mol. The number of rotatable bonds is 6. The van der Waals surface area contributed by atoms with Gasteiger partial charge in [-0.3, -0.25) is 4.79 Å². The second kappa shape index (κ2) is 7.98. The quantitative estimate of drug-likeness (QED) is 0.720. The van der Waals surface area contributed by atoms with E-state index >= 15 is 0 Å². The third kappa shape index (κ3) is 3.42. The fraction of sp³-hybridized carbons (Fsp3) is 0.650. The van der Waals surface area contributed by atoms with Gasteiger partial charge in [-0.25, -0.2) is 0 Å². The number of fused-ring (bicyclic) bond motifs is 1. The lowest BCUT2D eigenvalue weighted by Crippen LogP contribution is -2.23. The molecule has 25 heavy (non-hydrogen) atoms. The van der Waals surface area contributed by atoms with E-state index < -0.39 is 0 Å². The lowest BCUT2D eigenvalue weighted by Gasteiger charge is -2.36. The molecule has 1 aromatic rings. The molecule has 0 N–H and O–H groups in total. The third-order valence-corrected chi connectivity index (χ3v) is 5.46. The van der Waals surface area contributed by atoms with Crippen molar-refractivity contribution >= 4 is 5.97 Å². The molecule has 5 nitrogen and oxygen atoms in total. The highest BCUT2D eigenvalue weighted by Crippen LogP contribution is 2.55. The molecule has 1 aromatic carbocycles. The first-order chi connectivity index (χ1) is 11.9. The van der Waals surface area contributed by atoms with Crippen LogP contribution in [0.3, 0.4) is 0 Å². The SMILES string of the molecule is COC(=O)C[C@H](C)[C@@H]1CC[C@H](C)c2c(OC)c(OC)c(C)c(OC)c21. The van der Waals surface area contributed by atoms with Crippen LogP contribution in [0, 0.1) is 12.8 Å². The van der Waals surface area contributed by atoms with Crippen LogP contribution in [0.15, 0.2) is 0 Å². The molecule has 0 heterocycles. The van der Waals surface area contributed by atoms with Crippen LogP contribution in [-0.2, 0) is 9.53 Å². The lowest BCUT2D eigenvalue weighted by molar-refractivity contribution is -0.141. The summed E-state index contributed by atoms with van der Waals surface area (Å²) < 4.78 is 22.0. The molecular formula is C20H30O5. The molecule has 5 heteroatoms. The standard InChI is InChI=1S/C20H30O5/c1-11-8-9-14(12(2)10-15(21)22-4)17-16(11)20(25-7)19(24-6)13(3)18(17)23-5/h11-12,14H,8-10H2,1-7H3/t11-,12-,14-/m0/s1. The van der Waals surface area contributed by atoms with Crippen molar-refractivity contribution < 1.29 is 23.7 Å². The molecule has 1 aliphatic rings. The molecule has 0 aliphatic heterocycles. The van der Waals surface area contributed by atoms with E-state index in [0.717, 1.165) is 46.8 Å². The van der Waals surface area contributed by atoms with Gasteiger partial charge in [0, 0.05) is 23.1 Å². The fourth-order valence-electron chi connectivity index (χ4n) is 4.19. The van der Waals surface area contributed by atoms with Crippen molar-refractivity contribution in [1.29, 1.82) is 0 Å². The van der Waals surface area contributed by atoms with E-state index in [9.17, 15) is 4.79 Å². The molecular weight excluding hydrogens is 320 g/mol. The van der Waals surface area contributed by atoms with Crippen molar-refractivity contribution in [3.63, 3.8) is 0 Å². The van der Waals surface area contributed by atoms with Gasteiger partial charge in [0.15, 0.2) is 11.5 Å². The van der Waals surface area contributed by atoms with E-state index in [1.54, 1.807) is 21.3 Å². The van der Waals surface area contributed by atoms with E-state index in [2.05, 4.69) is 13.8 Å². The molecule has 3 atom stereocenters. The highest BCUT2D eigenvalue weighted by Gasteiger charge is 2.37. The predicted octanol–water partition coefficient (Wildman–Crippen LogP) is 4.20.